The first-order valence-electron chi connectivity index (χ1n) is 11.3. The van der Waals surface area contributed by atoms with E-state index in [4.69, 9.17) is 25.9 Å². The number of rotatable bonds is 7. The van der Waals surface area contributed by atoms with Crippen LogP contribution in [0.25, 0.3) is 5.65 Å². The van der Waals surface area contributed by atoms with E-state index in [0.29, 0.717) is 28.9 Å². The number of nitrogen functional groups attached to an aromatic ring is 1. The van der Waals surface area contributed by atoms with Crippen LogP contribution in [0, 0.1) is 11.8 Å². The molecule has 0 amide bonds. The lowest BCUT2D eigenvalue weighted by Gasteiger charge is -2.23. The maximum atomic E-state index is 13.6. The maximum Gasteiger partial charge on any atom is 0.261 e. The summed E-state index contributed by atoms with van der Waals surface area (Å²) in [5, 5.41) is 0. The molecule has 0 aromatic carbocycles. The molecule has 0 unspecified atom stereocenters. The van der Waals surface area contributed by atoms with Crippen molar-refractivity contribution in [2.45, 2.75) is 57.9 Å². The molecule has 0 radical (unpaired) electrons. The third kappa shape index (κ3) is 4.68. The summed E-state index contributed by atoms with van der Waals surface area (Å²) in [5.41, 5.74) is 15.7. The number of hydrogen-bond donors (Lipinski definition) is 2. The number of aryl methyl sites for hydroxylation is 1. The Balaban J connectivity index is 1.65. The van der Waals surface area contributed by atoms with Gasteiger partial charge in [-0.3, -0.25) is 9.20 Å². The van der Waals surface area contributed by atoms with E-state index in [9.17, 15) is 4.79 Å². The number of aromatic nitrogens is 2. The van der Waals surface area contributed by atoms with Crippen LogP contribution in [0.2, 0.25) is 0 Å². The molecule has 4 N–H and O–H groups in total. The summed E-state index contributed by atoms with van der Waals surface area (Å²) in [6, 6.07) is 3.63. The minimum atomic E-state index is 0.00165. The molecule has 2 aliphatic heterocycles. The van der Waals surface area contributed by atoms with E-state index in [1.807, 2.05) is 6.07 Å². The van der Waals surface area contributed by atoms with Gasteiger partial charge in [0.15, 0.2) is 0 Å². The average Bonchev–Trinajstić information content (AvgIpc) is 2.79. The normalized spacial score (nSPS) is 18.8. The number of nitrogens with zero attached hydrogens (tertiary/aromatic N) is 2. The zero-order valence-corrected chi connectivity index (χ0v) is 17.8. The molecule has 2 saturated heterocycles. The topological polar surface area (TPSA) is 105 Å². The molecule has 4 rings (SSSR count). The first-order chi connectivity index (χ1) is 14.7. The lowest BCUT2D eigenvalue weighted by Crippen LogP contribution is -2.28. The van der Waals surface area contributed by atoms with Gasteiger partial charge in [-0.2, -0.15) is 0 Å². The Morgan fingerprint density at radius 1 is 0.967 bits per heavy atom. The summed E-state index contributed by atoms with van der Waals surface area (Å²) < 4.78 is 12.6. The van der Waals surface area contributed by atoms with Gasteiger partial charge < -0.3 is 20.9 Å². The van der Waals surface area contributed by atoms with Crippen molar-refractivity contribution in [3.63, 3.8) is 0 Å². The van der Waals surface area contributed by atoms with Gasteiger partial charge in [0.2, 0.25) is 0 Å². The SMILES string of the molecule is NCc1c(N)ccc2nc(CCC3CCOCC3)c(CCC3CCOCC3)c(=O)n12. The van der Waals surface area contributed by atoms with Crippen molar-refractivity contribution in [1.29, 1.82) is 0 Å². The minimum absolute atomic E-state index is 0.00165. The van der Waals surface area contributed by atoms with E-state index in [1.165, 1.54) is 0 Å². The fraction of sp³-hybridized carbons (Fsp3) is 0.652. The molecule has 7 nitrogen and oxygen atoms in total. The highest BCUT2D eigenvalue weighted by Crippen LogP contribution is 2.24. The van der Waals surface area contributed by atoms with Gasteiger partial charge in [-0.25, -0.2) is 4.98 Å². The minimum Gasteiger partial charge on any atom is -0.397 e. The van der Waals surface area contributed by atoms with Gasteiger partial charge >= 0.3 is 0 Å². The van der Waals surface area contributed by atoms with Crippen LogP contribution >= 0.6 is 0 Å². The Kier molecular flexibility index (Phi) is 7.02. The number of ether oxygens (including phenoxy) is 2. The molecule has 164 valence electrons. The molecule has 0 aliphatic carbocycles. The standard InChI is InChI=1S/C23H34N4O3/c24-15-21-19(25)4-6-22-26-20(5-2-17-9-13-30-14-10-17)18(23(28)27(21)22)3-1-16-7-11-29-12-8-16/h4,6,16-17H,1-3,5,7-15,24-25H2. The summed E-state index contributed by atoms with van der Waals surface area (Å²) in [6.07, 6.45) is 7.96. The molecule has 0 atom stereocenters. The van der Waals surface area contributed by atoms with Crippen LogP contribution in [0.5, 0.6) is 0 Å². The van der Waals surface area contributed by atoms with Gasteiger partial charge in [-0.1, -0.05) is 0 Å². The van der Waals surface area contributed by atoms with E-state index in [1.54, 1.807) is 10.5 Å². The fourth-order valence-corrected chi connectivity index (χ4v) is 4.81. The van der Waals surface area contributed by atoms with Crippen LogP contribution in [0.15, 0.2) is 16.9 Å². The molecule has 0 spiro atoms. The highest BCUT2D eigenvalue weighted by Gasteiger charge is 2.21. The number of nitrogens with two attached hydrogens (primary N) is 2. The number of anilines is 1. The maximum absolute atomic E-state index is 13.6. The predicted molar refractivity (Wildman–Crippen MR) is 117 cm³/mol. The Morgan fingerprint density at radius 2 is 1.57 bits per heavy atom. The summed E-state index contributed by atoms with van der Waals surface area (Å²) in [7, 11) is 0. The molecule has 2 fully saturated rings. The lowest BCUT2D eigenvalue weighted by molar-refractivity contribution is 0.0634. The van der Waals surface area contributed by atoms with Crippen molar-refractivity contribution in [3.8, 4) is 0 Å². The zero-order valence-electron chi connectivity index (χ0n) is 17.8. The van der Waals surface area contributed by atoms with Crippen molar-refractivity contribution in [2.24, 2.45) is 17.6 Å². The monoisotopic (exact) mass is 414 g/mol. The molecular weight excluding hydrogens is 380 g/mol. The van der Waals surface area contributed by atoms with E-state index < -0.39 is 0 Å². The van der Waals surface area contributed by atoms with Crippen LogP contribution in [0.3, 0.4) is 0 Å². The fourth-order valence-electron chi connectivity index (χ4n) is 4.81. The second kappa shape index (κ2) is 9.90. The Bertz CT molecular complexity index is 915. The lowest BCUT2D eigenvalue weighted by atomic mass is 9.90. The first-order valence-corrected chi connectivity index (χ1v) is 11.3. The van der Waals surface area contributed by atoms with Crippen molar-refractivity contribution < 1.29 is 9.47 Å². The van der Waals surface area contributed by atoms with Crippen LogP contribution in [-0.2, 0) is 28.9 Å². The van der Waals surface area contributed by atoms with Gasteiger partial charge in [0.1, 0.15) is 5.65 Å². The summed E-state index contributed by atoms with van der Waals surface area (Å²) in [5.74, 6) is 1.25. The molecule has 2 aliphatic rings. The molecule has 30 heavy (non-hydrogen) atoms. The molecule has 0 bridgehead atoms. The molecule has 2 aromatic rings. The van der Waals surface area contributed by atoms with E-state index >= 15 is 0 Å². The second-order valence-electron chi connectivity index (χ2n) is 8.66. The van der Waals surface area contributed by atoms with E-state index in [-0.39, 0.29) is 12.1 Å². The average molecular weight is 415 g/mol. The van der Waals surface area contributed by atoms with Crippen molar-refractivity contribution in [2.75, 3.05) is 32.2 Å². The Morgan fingerprint density at radius 3 is 2.17 bits per heavy atom. The van der Waals surface area contributed by atoms with Gasteiger partial charge in [0.05, 0.1) is 17.1 Å². The van der Waals surface area contributed by atoms with Crippen LogP contribution < -0.4 is 17.0 Å². The van der Waals surface area contributed by atoms with Crippen molar-refractivity contribution >= 4 is 11.3 Å². The number of hydrogen-bond acceptors (Lipinski definition) is 6. The quantitative estimate of drug-likeness (QED) is 0.721. The van der Waals surface area contributed by atoms with Gasteiger partial charge in [-0.15, -0.1) is 0 Å². The summed E-state index contributed by atoms with van der Waals surface area (Å²) in [4.78, 5) is 18.5. The Labute approximate surface area is 177 Å². The summed E-state index contributed by atoms with van der Waals surface area (Å²) >= 11 is 0. The molecule has 2 aromatic heterocycles. The third-order valence-electron chi connectivity index (χ3n) is 6.77. The highest BCUT2D eigenvalue weighted by molar-refractivity contribution is 5.53. The number of fused-ring (bicyclic) bond motifs is 1. The van der Waals surface area contributed by atoms with Crippen LogP contribution in [0.4, 0.5) is 5.69 Å². The molecule has 4 heterocycles. The zero-order chi connectivity index (χ0) is 20.9. The smallest absolute Gasteiger partial charge is 0.261 e. The third-order valence-corrected chi connectivity index (χ3v) is 6.77. The Hall–Kier alpha value is -1.96. The molecular formula is C23H34N4O3. The van der Waals surface area contributed by atoms with Crippen molar-refractivity contribution in [3.05, 3.63) is 39.4 Å². The van der Waals surface area contributed by atoms with Crippen molar-refractivity contribution in [1.82, 2.24) is 9.38 Å². The summed E-state index contributed by atoms with van der Waals surface area (Å²) in [6.45, 7) is 3.54. The van der Waals surface area contributed by atoms with Gasteiger partial charge in [-0.05, 0) is 75.3 Å². The van der Waals surface area contributed by atoms with Crippen LogP contribution in [-0.4, -0.2) is 35.8 Å². The van der Waals surface area contributed by atoms with Gasteiger partial charge in [0, 0.05) is 38.5 Å². The largest absolute Gasteiger partial charge is 0.397 e. The van der Waals surface area contributed by atoms with E-state index in [2.05, 4.69) is 0 Å². The first kappa shape index (κ1) is 21.3. The second-order valence-corrected chi connectivity index (χ2v) is 8.66. The van der Waals surface area contributed by atoms with Crippen LogP contribution in [0.1, 0.15) is 55.5 Å². The van der Waals surface area contributed by atoms with E-state index in [0.717, 1.165) is 89.1 Å². The number of pyridine rings is 1. The highest BCUT2D eigenvalue weighted by atomic mass is 16.5. The molecule has 7 heteroatoms. The van der Waals surface area contributed by atoms with Gasteiger partial charge in [0.25, 0.3) is 5.56 Å². The predicted octanol–water partition coefficient (Wildman–Crippen LogP) is 2.45. The molecule has 0 saturated carbocycles.